The van der Waals surface area contributed by atoms with Gasteiger partial charge < -0.3 is 0 Å². The number of rotatable bonds is 7. The average Bonchev–Trinajstić information content (AvgIpc) is 2.67. The van der Waals surface area contributed by atoms with Crippen LogP contribution >= 0.6 is 34.1 Å². The van der Waals surface area contributed by atoms with E-state index >= 15 is 0 Å². The normalized spacial score (nSPS) is 11.4. The first-order chi connectivity index (χ1) is 12.2. The van der Waals surface area contributed by atoms with Crippen LogP contribution in [0.15, 0.2) is 91.0 Å². The molecule has 1 unspecified atom stereocenters. The zero-order valence-corrected chi connectivity index (χ0v) is 20.5. The quantitative estimate of drug-likeness (QED) is 0.472. The van der Waals surface area contributed by atoms with Crippen molar-refractivity contribution in [2.45, 2.75) is 6.42 Å². The summed E-state index contributed by atoms with van der Waals surface area (Å²) in [6, 6.07) is 33.5. The Labute approximate surface area is 178 Å². The van der Waals surface area contributed by atoms with Crippen LogP contribution in [0.1, 0.15) is 6.42 Å². The molecule has 146 valence electrons. The van der Waals surface area contributed by atoms with E-state index in [4.69, 9.17) is 0 Å². The van der Waals surface area contributed by atoms with Crippen LogP contribution in [0.25, 0.3) is 0 Å². The summed E-state index contributed by atoms with van der Waals surface area (Å²) in [6.45, 7) is 1.13. The van der Waals surface area contributed by atoms with Crippen molar-refractivity contribution in [3.63, 3.8) is 0 Å². The van der Waals surface area contributed by atoms with Gasteiger partial charge in [0.1, 0.15) is 0 Å². The van der Waals surface area contributed by atoms with E-state index in [0.29, 0.717) is 0 Å². The van der Waals surface area contributed by atoms with E-state index in [9.17, 15) is 0 Å². The summed E-state index contributed by atoms with van der Waals surface area (Å²) in [5.74, 6) is 0. The maximum Gasteiger partial charge on any atom is -0.153 e. The fourth-order valence-electron chi connectivity index (χ4n) is 3.76. The molecule has 0 fully saturated rings. The van der Waals surface area contributed by atoms with Crippen molar-refractivity contribution in [1.82, 2.24) is 4.90 Å². The van der Waals surface area contributed by atoms with Crippen LogP contribution in [0, 0.1) is 0 Å². The summed E-state index contributed by atoms with van der Waals surface area (Å²) in [6.07, 6.45) is 2.43. The Balaban J connectivity index is 0.00000182. The third-order valence-electron chi connectivity index (χ3n) is 4.96. The monoisotopic (exact) mass is 463 g/mol. The molecule has 0 radical (unpaired) electrons. The second-order valence-electron chi connectivity index (χ2n) is 6.91. The molecule has 0 amide bonds. The van der Waals surface area contributed by atoms with E-state index in [2.05, 4.69) is 110 Å². The number of halogens is 1. The van der Waals surface area contributed by atoms with Crippen LogP contribution in [0.5, 0.6) is 0 Å². The van der Waals surface area contributed by atoms with Crippen LogP contribution in [-0.2, 0) is 0 Å². The Morgan fingerprint density at radius 1 is 0.630 bits per heavy atom. The van der Waals surface area contributed by atoms with E-state index < -0.39 is 7.26 Å². The number of hydrogen-bond donors (Lipinski definition) is 0. The van der Waals surface area contributed by atoms with Crippen molar-refractivity contribution in [2.24, 2.45) is 0 Å². The Morgan fingerprint density at radius 3 is 1.26 bits per heavy atom. The Kier molecular flexibility index (Phi) is 10.4. The summed E-state index contributed by atoms with van der Waals surface area (Å²) in [5, 5.41) is 4.52. The van der Waals surface area contributed by atoms with Gasteiger partial charge in [0.25, 0.3) is 0 Å². The van der Waals surface area contributed by atoms with E-state index in [1.54, 1.807) is 0 Å². The van der Waals surface area contributed by atoms with Crippen molar-refractivity contribution >= 4 is 50.1 Å². The van der Waals surface area contributed by atoms with Crippen LogP contribution in [0.2, 0.25) is 0 Å². The third-order valence-corrected chi connectivity index (χ3v) is 10.0. The van der Waals surface area contributed by atoms with Gasteiger partial charge in [-0.3, -0.25) is 0 Å². The van der Waals surface area contributed by atoms with E-state index in [0.717, 1.165) is 6.54 Å². The van der Waals surface area contributed by atoms with E-state index in [1.807, 2.05) is 0 Å². The average molecular weight is 464 g/mol. The molecule has 3 aromatic rings. The molecule has 0 N–H and O–H groups in total. The van der Waals surface area contributed by atoms with Gasteiger partial charge in [-0.1, -0.05) is 0 Å². The molecule has 0 aromatic heterocycles. The van der Waals surface area contributed by atoms with Crippen LogP contribution in [-0.4, -0.2) is 31.7 Å². The van der Waals surface area contributed by atoms with Gasteiger partial charge in [-0.05, 0) is 0 Å². The minimum Gasteiger partial charge on any atom is -0.153 e. The molecule has 1 nitrogen and oxygen atoms in total. The molecule has 0 saturated heterocycles. The first-order valence-corrected chi connectivity index (χ1v) is 11.3. The fourth-order valence-corrected chi connectivity index (χ4v) is 8.60. The topological polar surface area (TPSA) is 3.24 Å². The first-order valence-electron chi connectivity index (χ1n) is 9.05. The maximum absolute atomic E-state index is 2.34. The molecule has 27 heavy (non-hydrogen) atoms. The Bertz CT molecular complexity index is 667. The summed E-state index contributed by atoms with van der Waals surface area (Å²) in [7, 11) is 2.31. The summed E-state index contributed by atoms with van der Waals surface area (Å²) >= 11 is 0. The second kappa shape index (κ2) is 11.7. The van der Waals surface area contributed by atoms with E-state index in [-0.39, 0.29) is 26.9 Å². The van der Waals surface area contributed by atoms with Crippen molar-refractivity contribution in [1.29, 1.82) is 0 Å². The first kappa shape index (κ1) is 24.0. The number of nitrogens with zero attached hydrogens (tertiary/aromatic N) is 1. The molecule has 1 atom stereocenters. The molecule has 3 rings (SSSR count). The number of benzene rings is 3. The van der Waals surface area contributed by atoms with Crippen LogP contribution in [0.4, 0.5) is 0 Å². The molecule has 0 bridgehead atoms. The van der Waals surface area contributed by atoms with Gasteiger partial charge in [0, 0.05) is 0 Å². The van der Waals surface area contributed by atoms with Crippen LogP contribution in [0.3, 0.4) is 0 Å². The molecular formula is C23H32BrNP2. The summed E-state index contributed by atoms with van der Waals surface area (Å²) in [5.41, 5.74) is 0. The molecule has 0 heterocycles. The third kappa shape index (κ3) is 5.72. The predicted octanol–water partition coefficient (Wildman–Crippen LogP) is 4.30. The molecule has 0 aliphatic heterocycles. The van der Waals surface area contributed by atoms with Crippen LogP contribution < -0.4 is 15.9 Å². The largest absolute Gasteiger partial charge is 0.153 e. The van der Waals surface area contributed by atoms with E-state index in [1.165, 1.54) is 28.5 Å². The molecule has 0 spiro atoms. The molecule has 4 heteroatoms. The fraction of sp³-hybridized carbons (Fsp3) is 0.217. The molecule has 0 aliphatic rings. The van der Waals surface area contributed by atoms with Crippen molar-refractivity contribution in [3.05, 3.63) is 91.0 Å². The van der Waals surface area contributed by atoms with Gasteiger partial charge in [0.2, 0.25) is 0 Å². The molecular weight excluding hydrogens is 432 g/mol. The second-order valence-corrected chi connectivity index (χ2v) is 11.0. The van der Waals surface area contributed by atoms with Crippen molar-refractivity contribution < 1.29 is 0 Å². The Hall–Kier alpha value is -1.04. The van der Waals surface area contributed by atoms with Crippen molar-refractivity contribution in [2.75, 3.05) is 26.8 Å². The van der Waals surface area contributed by atoms with Gasteiger partial charge in [-0.2, -0.15) is 9.90 Å². The van der Waals surface area contributed by atoms with Gasteiger partial charge in [-0.15, -0.1) is 17.0 Å². The standard InChI is InChI=1S/C23H28NP.BrH.H3P/c1-24(2)19-12-20-25(21-13-6-3-7-14-21,22-15-8-4-9-16-22)23-17-10-5-11-18-23;;/h3-11,13-18,25H,12,19-20H2,1-2H3;1H;1H3. The Morgan fingerprint density at radius 2 is 0.963 bits per heavy atom. The summed E-state index contributed by atoms with van der Waals surface area (Å²) < 4.78 is 0. The maximum atomic E-state index is 2.34. The molecule has 0 aliphatic carbocycles. The van der Waals surface area contributed by atoms with Crippen molar-refractivity contribution in [3.8, 4) is 0 Å². The van der Waals surface area contributed by atoms with Gasteiger partial charge in [0.15, 0.2) is 0 Å². The zero-order chi connectivity index (χ0) is 17.5. The van der Waals surface area contributed by atoms with Gasteiger partial charge in [0.05, 0.1) is 0 Å². The smallest absolute Gasteiger partial charge is 0.153 e. The van der Waals surface area contributed by atoms with Gasteiger partial charge >= 0.3 is 152 Å². The summed E-state index contributed by atoms with van der Waals surface area (Å²) in [4.78, 5) is 2.29. The minimum atomic E-state index is -2.02. The predicted molar refractivity (Wildman–Crippen MR) is 136 cm³/mol. The zero-order valence-electron chi connectivity index (χ0n) is 16.3. The SMILES string of the molecule is Br.CN(C)CCC[PH](c1ccccc1)(c1ccccc1)c1ccccc1.P. The van der Waals surface area contributed by atoms with Gasteiger partial charge in [-0.25, -0.2) is 0 Å². The minimum absolute atomic E-state index is 0. The number of hydrogen-bond acceptors (Lipinski definition) is 1. The molecule has 0 saturated carbocycles. The molecule has 3 aromatic carbocycles.